The highest BCUT2D eigenvalue weighted by Gasteiger charge is 2.61. The van der Waals surface area contributed by atoms with Crippen LogP contribution in [0.25, 0.3) is 0 Å². The van der Waals surface area contributed by atoms with Crippen LogP contribution in [0, 0.1) is 0 Å². The third-order valence-electron chi connectivity index (χ3n) is 2.94. The maximum atomic E-state index is 12.6. The molecule has 0 aromatic heterocycles. The summed E-state index contributed by atoms with van der Waals surface area (Å²) in [5, 5.41) is 0. The number of sulfonamides is 1. The standard InChI is InChI=1S/C13H12NO3S/c15-18(16,13-9-5-2-6-10-13)14(11-17-14)12-7-3-1-4-8-12/h1-10H,11H2/q+1. The van der Waals surface area contributed by atoms with Crippen molar-refractivity contribution < 1.29 is 13.3 Å². The highest BCUT2D eigenvalue weighted by Crippen LogP contribution is 2.40. The number of para-hydroxylation sites is 1. The van der Waals surface area contributed by atoms with E-state index >= 15 is 0 Å². The molecule has 1 heterocycles. The Kier molecular flexibility index (Phi) is 2.48. The third-order valence-corrected chi connectivity index (χ3v) is 5.01. The van der Waals surface area contributed by atoms with Crippen molar-refractivity contribution in [1.82, 2.24) is 4.05 Å². The summed E-state index contributed by atoms with van der Waals surface area (Å²) in [4.78, 5) is 5.52. The fourth-order valence-electron chi connectivity index (χ4n) is 1.90. The average molecular weight is 262 g/mol. The zero-order chi connectivity index (χ0) is 12.6. The Hall–Kier alpha value is -1.69. The second-order valence-electron chi connectivity index (χ2n) is 4.06. The Morgan fingerprint density at radius 1 is 0.889 bits per heavy atom. The molecule has 1 aliphatic rings. The number of hydroxylamine groups is 1. The summed E-state index contributed by atoms with van der Waals surface area (Å²) in [5.41, 5.74) is 0.626. The second kappa shape index (κ2) is 3.91. The van der Waals surface area contributed by atoms with E-state index in [1.165, 1.54) is 0 Å². The first kappa shape index (κ1) is 11.4. The molecule has 0 radical (unpaired) electrons. The van der Waals surface area contributed by atoms with Crippen molar-refractivity contribution in [2.45, 2.75) is 4.90 Å². The Morgan fingerprint density at radius 3 is 1.89 bits per heavy atom. The average Bonchev–Trinajstić information content (AvgIpc) is 3.23. The molecule has 0 saturated carbocycles. The lowest BCUT2D eigenvalue weighted by atomic mass is 10.3. The van der Waals surface area contributed by atoms with Gasteiger partial charge in [0, 0.05) is 12.1 Å². The van der Waals surface area contributed by atoms with Crippen LogP contribution < -0.4 is 4.05 Å². The quantitative estimate of drug-likeness (QED) is 0.630. The Labute approximate surface area is 106 Å². The summed E-state index contributed by atoms with van der Waals surface area (Å²) in [5.74, 6) is 0. The van der Waals surface area contributed by atoms with Gasteiger partial charge in [-0.25, -0.2) is 0 Å². The van der Waals surface area contributed by atoms with Crippen molar-refractivity contribution >= 4 is 15.7 Å². The molecule has 2 aromatic rings. The zero-order valence-corrected chi connectivity index (χ0v) is 10.4. The molecule has 0 N–H and O–H groups in total. The number of rotatable bonds is 3. The minimum atomic E-state index is -3.57. The van der Waals surface area contributed by atoms with Gasteiger partial charge in [0.1, 0.15) is 4.90 Å². The molecular weight excluding hydrogens is 250 g/mol. The summed E-state index contributed by atoms with van der Waals surface area (Å²) in [6.07, 6.45) is 0. The molecule has 0 amide bonds. The molecule has 0 bridgehead atoms. The van der Waals surface area contributed by atoms with Crippen LogP contribution in [0.3, 0.4) is 0 Å². The minimum absolute atomic E-state index is 0.154. The van der Waals surface area contributed by atoms with E-state index in [0.29, 0.717) is 5.69 Å². The van der Waals surface area contributed by atoms with Gasteiger partial charge in [0.05, 0.1) is 0 Å². The van der Waals surface area contributed by atoms with Crippen molar-refractivity contribution in [2.24, 2.45) is 0 Å². The monoisotopic (exact) mass is 262 g/mol. The molecule has 1 fully saturated rings. The van der Waals surface area contributed by atoms with E-state index in [-0.39, 0.29) is 11.6 Å². The van der Waals surface area contributed by atoms with Crippen molar-refractivity contribution in [1.29, 1.82) is 0 Å². The lowest BCUT2D eigenvalue weighted by Crippen LogP contribution is -2.33. The fraction of sp³-hybridized carbons (Fsp3) is 0.0769. The SMILES string of the molecule is O=S(=O)(c1ccccc1)[N+]1(c2ccccc2)CO1. The molecule has 2 aromatic carbocycles. The first-order valence-corrected chi connectivity index (χ1v) is 6.99. The van der Waals surface area contributed by atoms with Gasteiger partial charge in [-0.3, -0.25) is 0 Å². The van der Waals surface area contributed by atoms with Gasteiger partial charge < -0.3 is 0 Å². The van der Waals surface area contributed by atoms with Crippen LogP contribution in [0.4, 0.5) is 5.69 Å². The van der Waals surface area contributed by atoms with E-state index in [4.69, 9.17) is 4.84 Å². The first-order chi connectivity index (χ1) is 8.67. The number of nitrogens with zero attached hydrogens (tertiary/aromatic N) is 1. The van der Waals surface area contributed by atoms with E-state index in [9.17, 15) is 8.42 Å². The highest BCUT2D eigenvalue weighted by molar-refractivity contribution is 7.91. The van der Waals surface area contributed by atoms with Gasteiger partial charge in [-0.05, 0) is 16.2 Å². The third kappa shape index (κ3) is 1.56. The van der Waals surface area contributed by atoms with Gasteiger partial charge in [-0.1, -0.05) is 36.4 Å². The van der Waals surface area contributed by atoms with Gasteiger partial charge in [-0.15, -0.1) is 4.84 Å². The molecule has 1 atom stereocenters. The smallest absolute Gasteiger partial charge is 0.165 e. The van der Waals surface area contributed by atoms with Gasteiger partial charge in [0.25, 0.3) is 6.73 Å². The molecule has 1 aliphatic heterocycles. The molecule has 1 saturated heterocycles. The molecule has 0 aliphatic carbocycles. The normalized spacial score (nSPS) is 22.7. The van der Waals surface area contributed by atoms with Gasteiger partial charge in [0.15, 0.2) is 5.69 Å². The second-order valence-corrected chi connectivity index (χ2v) is 6.07. The van der Waals surface area contributed by atoms with Gasteiger partial charge >= 0.3 is 10.0 Å². The van der Waals surface area contributed by atoms with Crippen molar-refractivity contribution in [3.63, 3.8) is 0 Å². The molecule has 0 spiro atoms. The number of benzene rings is 2. The first-order valence-electron chi connectivity index (χ1n) is 5.55. The summed E-state index contributed by atoms with van der Waals surface area (Å²) in [6, 6.07) is 17.3. The van der Waals surface area contributed by atoms with Crippen LogP contribution in [0.2, 0.25) is 0 Å². The van der Waals surface area contributed by atoms with Gasteiger partial charge in [-0.2, -0.15) is 8.42 Å². The molecule has 5 heteroatoms. The van der Waals surface area contributed by atoms with Crippen molar-refractivity contribution in [2.75, 3.05) is 6.73 Å². The summed E-state index contributed by atoms with van der Waals surface area (Å²) < 4.78 is 24.7. The predicted molar refractivity (Wildman–Crippen MR) is 67.8 cm³/mol. The Balaban J connectivity index is 2.11. The number of hydrogen-bond donors (Lipinski definition) is 0. The van der Waals surface area contributed by atoms with Crippen molar-refractivity contribution in [3.05, 3.63) is 60.7 Å². The fourth-order valence-corrected chi connectivity index (χ4v) is 3.46. The lowest BCUT2D eigenvalue weighted by Gasteiger charge is -2.11. The predicted octanol–water partition coefficient (Wildman–Crippen LogP) is 2.29. The van der Waals surface area contributed by atoms with Gasteiger partial charge in [0.2, 0.25) is 0 Å². The van der Waals surface area contributed by atoms with Crippen LogP contribution in [0.1, 0.15) is 0 Å². The Morgan fingerprint density at radius 2 is 1.39 bits per heavy atom. The zero-order valence-electron chi connectivity index (χ0n) is 9.56. The minimum Gasteiger partial charge on any atom is -0.165 e. The summed E-state index contributed by atoms with van der Waals surface area (Å²) in [7, 11) is -3.57. The van der Waals surface area contributed by atoms with Crippen LogP contribution in [-0.2, 0) is 14.9 Å². The highest BCUT2D eigenvalue weighted by atomic mass is 32.2. The topological polar surface area (TPSA) is 46.7 Å². The van der Waals surface area contributed by atoms with E-state index in [2.05, 4.69) is 0 Å². The van der Waals surface area contributed by atoms with Crippen LogP contribution >= 0.6 is 0 Å². The van der Waals surface area contributed by atoms with E-state index in [1.54, 1.807) is 54.6 Å². The maximum absolute atomic E-state index is 12.6. The molecule has 92 valence electrons. The van der Waals surface area contributed by atoms with Crippen LogP contribution in [0.15, 0.2) is 65.6 Å². The number of quaternary nitrogens is 1. The van der Waals surface area contributed by atoms with E-state index in [1.807, 2.05) is 6.07 Å². The summed E-state index contributed by atoms with van der Waals surface area (Å²) >= 11 is 0. The maximum Gasteiger partial charge on any atom is 0.364 e. The molecular formula is C13H12NO3S+. The Bertz CT molecular complexity index is 649. The molecule has 3 rings (SSSR count). The van der Waals surface area contributed by atoms with Crippen LogP contribution in [0.5, 0.6) is 0 Å². The molecule has 4 nitrogen and oxygen atoms in total. The lowest BCUT2D eigenvalue weighted by molar-refractivity contribution is 0.292. The van der Waals surface area contributed by atoms with E-state index < -0.39 is 14.1 Å². The number of hydrogen-bond acceptors (Lipinski definition) is 3. The molecule has 18 heavy (non-hydrogen) atoms. The summed E-state index contributed by atoms with van der Waals surface area (Å²) in [6.45, 7) is 0.154. The largest absolute Gasteiger partial charge is 0.364 e. The van der Waals surface area contributed by atoms with Crippen molar-refractivity contribution in [3.8, 4) is 0 Å². The van der Waals surface area contributed by atoms with E-state index in [0.717, 1.165) is 0 Å². The van der Waals surface area contributed by atoms with Crippen LogP contribution in [-0.4, -0.2) is 15.1 Å². The molecule has 1 unspecified atom stereocenters.